The maximum absolute atomic E-state index is 11.5. The molecular formula is C15H18N2O4. The predicted octanol–water partition coefficient (Wildman–Crippen LogP) is 1.40. The summed E-state index contributed by atoms with van der Waals surface area (Å²) in [5, 5.41) is 2.39. The van der Waals surface area contributed by atoms with Crippen LogP contribution in [0.2, 0.25) is 0 Å². The largest absolute Gasteiger partial charge is 0.449 e. The van der Waals surface area contributed by atoms with E-state index in [9.17, 15) is 9.59 Å². The van der Waals surface area contributed by atoms with E-state index in [1.54, 1.807) is 6.92 Å². The molecule has 0 radical (unpaired) electrons. The molecule has 2 amide bonds. The van der Waals surface area contributed by atoms with Crippen molar-refractivity contribution < 1.29 is 19.1 Å². The Kier molecular flexibility index (Phi) is 6.08. The van der Waals surface area contributed by atoms with Crippen molar-refractivity contribution in [2.24, 2.45) is 5.73 Å². The molecule has 112 valence electrons. The number of hydrogen-bond donors (Lipinski definition) is 2. The highest BCUT2D eigenvalue weighted by atomic mass is 16.6. The maximum Gasteiger partial charge on any atom is 0.407 e. The Morgan fingerprint density at radius 1 is 1.29 bits per heavy atom. The Balaban J connectivity index is 2.75. The summed E-state index contributed by atoms with van der Waals surface area (Å²) in [6, 6.07) is 9.26. The minimum absolute atomic E-state index is 0.00519. The van der Waals surface area contributed by atoms with Gasteiger partial charge >= 0.3 is 12.2 Å². The first-order valence-electron chi connectivity index (χ1n) is 6.30. The molecule has 1 aromatic rings. The smallest absolute Gasteiger partial charge is 0.407 e. The van der Waals surface area contributed by atoms with Gasteiger partial charge in [-0.25, -0.2) is 9.59 Å². The Hall–Kier alpha value is -2.68. The Morgan fingerprint density at radius 3 is 2.48 bits per heavy atom. The van der Waals surface area contributed by atoms with Gasteiger partial charge in [0, 0.05) is 0 Å². The van der Waals surface area contributed by atoms with Crippen molar-refractivity contribution in [3.05, 3.63) is 35.9 Å². The second-order valence-electron chi connectivity index (χ2n) is 4.67. The summed E-state index contributed by atoms with van der Waals surface area (Å²) in [4.78, 5) is 22.3. The highest BCUT2D eigenvalue weighted by Gasteiger charge is 2.30. The van der Waals surface area contributed by atoms with Crippen LogP contribution in [0.1, 0.15) is 12.5 Å². The SMILES string of the molecule is C#CCNC(=O)OCC(C)(COC(N)=O)c1ccccc1. The molecule has 0 aliphatic rings. The molecule has 1 rings (SSSR count). The van der Waals surface area contributed by atoms with Gasteiger partial charge in [-0.3, -0.25) is 0 Å². The van der Waals surface area contributed by atoms with E-state index >= 15 is 0 Å². The van der Waals surface area contributed by atoms with E-state index in [-0.39, 0.29) is 19.8 Å². The zero-order valence-electron chi connectivity index (χ0n) is 11.8. The molecule has 6 heteroatoms. The van der Waals surface area contributed by atoms with Crippen LogP contribution >= 0.6 is 0 Å². The first-order valence-corrected chi connectivity index (χ1v) is 6.30. The zero-order valence-corrected chi connectivity index (χ0v) is 11.8. The average Bonchev–Trinajstić information content (AvgIpc) is 2.49. The molecule has 1 atom stereocenters. The van der Waals surface area contributed by atoms with Gasteiger partial charge in [-0.05, 0) is 12.5 Å². The summed E-state index contributed by atoms with van der Waals surface area (Å²) in [6.07, 6.45) is 3.53. The van der Waals surface area contributed by atoms with Crippen molar-refractivity contribution in [3.8, 4) is 12.3 Å². The van der Waals surface area contributed by atoms with E-state index in [1.165, 1.54) is 0 Å². The van der Waals surface area contributed by atoms with E-state index in [0.717, 1.165) is 5.56 Å². The van der Waals surface area contributed by atoms with Crippen molar-refractivity contribution in [1.82, 2.24) is 5.32 Å². The van der Waals surface area contributed by atoms with Crippen LogP contribution in [0.25, 0.3) is 0 Å². The third kappa shape index (κ3) is 5.45. The van der Waals surface area contributed by atoms with Crippen LogP contribution < -0.4 is 11.1 Å². The van der Waals surface area contributed by atoms with E-state index in [4.69, 9.17) is 21.6 Å². The summed E-state index contributed by atoms with van der Waals surface area (Å²) in [5.74, 6) is 2.27. The number of rotatable bonds is 6. The second-order valence-corrected chi connectivity index (χ2v) is 4.67. The van der Waals surface area contributed by atoms with Crippen molar-refractivity contribution in [1.29, 1.82) is 0 Å². The van der Waals surface area contributed by atoms with Gasteiger partial charge in [0.05, 0.1) is 12.0 Å². The molecular weight excluding hydrogens is 272 g/mol. The summed E-state index contributed by atoms with van der Waals surface area (Å²) in [5.41, 5.74) is 5.15. The minimum Gasteiger partial charge on any atom is -0.449 e. The molecule has 0 aliphatic carbocycles. The van der Waals surface area contributed by atoms with Crippen molar-refractivity contribution in [2.75, 3.05) is 19.8 Å². The maximum atomic E-state index is 11.5. The van der Waals surface area contributed by atoms with E-state index in [2.05, 4.69) is 11.2 Å². The number of carbonyl (C=O) groups excluding carboxylic acids is 2. The number of hydrogen-bond acceptors (Lipinski definition) is 4. The molecule has 1 aromatic carbocycles. The molecule has 6 nitrogen and oxygen atoms in total. The van der Waals surface area contributed by atoms with Gasteiger partial charge in [0.25, 0.3) is 0 Å². The Bertz CT molecular complexity index is 524. The van der Waals surface area contributed by atoms with Crippen LogP contribution in [0, 0.1) is 12.3 Å². The molecule has 0 aliphatic heterocycles. The van der Waals surface area contributed by atoms with Gasteiger partial charge < -0.3 is 20.5 Å². The highest BCUT2D eigenvalue weighted by Crippen LogP contribution is 2.24. The summed E-state index contributed by atoms with van der Waals surface area (Å²) in [7, 11) is 0. The summed E-state index contributed by atoms with van der Waals surface area (Å²) in [6.45, 7) is 1.90. The lowest BCUT2D eigenvalue weighted by atomic mass is 9.84. The van der Waals surface area contributed by atoms with Crippen molar-refractivity contribution in [3.63, 3.8) is 0 Å². The Labute approximate surface area is 123 Å². The molecule has 1 unspecified atom stereocenters. The average molecular weight is 290 g/mol. The number of primary amides is 1. The quantitative estimate of drug-likeness (QED) is 0.775. The van der Waals surface area contributed by atoms with Crippen LogP contribution in [-0.2, 0) is 14.9 Å². The number of ether oxygens (including phenoxy) is 2. The highest BCUT2D eigenvalue weighted by molar-refractivity contribution is 5.67. The van der Waals surface area contributed by atoms with E-state index in [0.29, 0.717) is 0 Å². The predicted molar refractivity (Wildman–Crippen MR) is 77.5 cm³/mol. The lowest BCUT2D eigenvalue weighted by Gasteiger charge is -2.28. The molecule has 0 heterocycles. The van der Waals surface area contributed by atoms with E-state index in [1.807, 2.05) is 30.3 Å². The number of terminal acetylenes is 1. The molecule has 0 saturated heterocycles. The van der Waals surface area contributed by atoms with Crippen LogP contribution in [0.3, 0.4) is 0 Å². The van der Waals surface area contributed by atoms with Gasteiger partial charge in [-0.15, -0.1) is 6.42 Å². The van der Waals surface area contributed by atoms with Crippen molar-refractivity contribution >= 4 is 12.2 Å². The van der Waals surface area contributed by atoms with Crippen LogP contribution in [0.15, 0.2) is 30.3 Å². The monoisotopic (exact) mass is 290 g/mol. The Morgan fingerprint density at radius 2 is 1.90 bits per heavy atom. The summed E-state index contributed by atoms with van der Waals surface area (Å²) >= 11 is 0. The lowest BCUT2D eigenvalue weighted by molar-refractivity contribution is 0.0781. The molecule has 21 heavy (non-hydrogen) atoms. The molecule has 0 spiro atoms. The third-order valence-corrected chi connectivity index (χ3v) is 2.86. The molecule has 0 fully saturated rings. The standard InChI is InChI=1S/C15H18N2O4/c1-3-9-17-14(19)21-11-15(2,10-20-13(16)18)12-7-5-4-6-8-12/h1,4-8H,9-11H2,2H3,(H2,16,18)(H,17,19). The minimum atomic E-state index is -0.881. The molecule has 3 N–H and O–H groups in total. The fraction of sp³-hybridized carbons (Fsp3) is 0.333. The normalized spacial score (nSPS) is 12.6. The van der Waals surface area contributed by atoms with Crippen LogP contribution in [0.5, 0.6) is 0 Å². The molecule has 0 saturated carbocycles. The summed E-state index contributed by atoms with van der Waals surface area (Å²) < 4.78 is 9.99. The molecule has 0 aromatic heterocycles. The van der Waals surface area contributed by atoms with Gasteiger partial charge in [0.15, 0.2) is 0 Å². The van der Waals surface area contributed by atoms with Gasteiger partial charge in [0.2, 0.25) is 0 Å². The topological polar surface area (TPSA) is 90.7 Å². The first kappa shape index (κ1) is 16.4. The number of amides is 2. The van der Waals surface area contributed by atoms with E-state index < -0.39 is 17.6 Å². The number of carbonyl (C=O) groups is 2. The zero-order chi connectivity index (χ0) is 15.7. The van der Waals surface area contributed by atoms with Crippen molar-refractivity contribution in [2.45, 2.75) is 12.3 Å². The molecule has 0 bridgehead atoms. The van der Waals surface area contributed by atoms with Gasteiger partial charge in [-0.2, -0.15) is 0 Å². The lowest BCUT2D eigenvalue weighted by Crippen LogP contribution is -2.38. The fourth-order valence-corrected chi connectivity index (χ4v) is 1.68. The fourth-order valence-electron chi connectivity index (χ4n) is 1.68. The number of nitrogens with two attached hydrogens (primary N) is 1. The second kappa shape index (κ2) is 7.80. The van der Waals surface area contributed by atoms with Gasteiger partial charge in [0.1, 0.15) is 13.2 Å². The number of benzene rings is 1. The number of alkyl carbamates (subject to hydrolysis) is 1. The third-order valence-electron chi connectivity index (χ3n) is 2.86. The van der Waals surface area contributed by atoms with Crippen LogP contribution in [-0.4, -0.2) is 31.9 Å². The van der Waals surface area contributed by atoms with Crippen LogP contribution in [0.4, 0.5) is 9.59 Å². The first-order chi connectivity index (χ1) is 9.98. The van der Waals surface area contributed by atoms with Gasteiger partial charge in [-0.1, -0.05) is 36.3 Å². The number of nitrogens with one attached hydrogen (secondary N) is 1.